The van der Waals surface area contributed by atoms with Gasteiger partial charge in [0.25, 0.3) is 0 Å². The van der Waals surface area contributed by atoms with E-state index < -0.39 is 6.10 Å². The van der Waals surface area contributed by atoms with E-state index in [0.29, 0.717) is 5.02 Å². The van der Waals surface area contributed by atoms with Gasteiger partial charge in [0.2, 0.25) is 0 Å². The molecule has 78 valence electrons. The lowest BCUT2D eigenvalue weighted by atomic mass is 9.97. The number of thiophene rings is 1. The Labute approximate surface area is 97.5 Å². The van der Waals surface area contributed by atoms with E-state index in [0.717, 1.165) is 17.1 Å². The Bertz CT molecular complexity index is 318. The molecular formula is C10H13ClOS2. The molecule has 2 atom stereocenters. The van der Waals surface area contributed by atoms with Gasteiger partial charge in [-0.25, -0.2) is 0 Å². The van der Waals surface area contributed by atoms with Crippen molar-refractivity contribution in [3.63, 3.8) is 0 Å². The molecule has 14 heavy (non-hydrogen) atoms. The summed E-state index contributed by atoms with van der Waals surface area (Å²) in [4.78, 5) is 0.920. The van der Waals surface area contributed by atoms with Gasteiger partial charge in [-0.3, -0.25) is 0 Å². The minimum atomic E-state index is -0.414. The SMILES string of the molecule is CC1(C(O)c2sccc2Cl)CCCS1. The molecule has 1 saturated heterocycles. The van der Waals surface area contributed by atoms with Crippen LogP contribution in [0.4, 0.5) is 0 Å². The van der Waals surface area contributed by atoms with Gasteiger partial charge in [0.15, 0.2) is 0 Å². The van der Waals surface area contributed by atoms with Crippen LogP contribution in [0.2, 0.25) is 5.02 Å². The van der Waals surface area contributed by atoms with E-state index in [1.54, 1.807) is 11.3 Å². The molecule has 1 fully saturated rings. The Morgan fingerprint density at radius 2 is 2.43 bits per heavy atom. The maximum Gasteiger partial charge on any atom is 0.104 e. The van der Waals surface area contributed by atoms with E-state index in [-0.39, 0.29) is 4.75 Å². The van der Waals surface area contributed by atoms with E-state index in [2.05, 4.69) is 6.92 Å². The highest BCUT2D eigenvalue weighted by Crippen LogP contribution is 2.48. The average molecular weight is 249 g/mol. The van der Waals surface area contributed by atoms with Gasteiger partial charge < -0.3 is 5.11 Å². The highest BCUT2D eigenvalue weighted by Gasteiger charge is 2.39. The molecular weight excluding hydrogens is 236 g/mol. The fraction of sp³-hybridized carbons (Fsp3) is 0.600. The first kappa shape index (κ1) is 10.8. The minimum Gasteiger partial charge on any atom is -0.386 e. The number of thioether (sulfide) groups is 1. The average Bonchev–Trinajstić information content (AvgIpc) is 2.74. The van der Waals surface area contributed by atoms with Gasteiger partial charge >= 0.3 is 0 Å². The largest absolute Gasteiger partial charge is 0.386 e. The molecule has 1 aromatic rings. The third kappa shape index (κ3) is 1.83. The fourth-order valence-corrected chi connectivity index (χ4v) is 4.48. The van der Waals surface area contributed by atoms with Crippen LogP contribution in [0.25, 0.3) is 0 Å². The lowest BCUT2D eigenvalue weighted by Crippen LogP contribution is -2.25. The molecule has 1 nitrogen and oxygen atoms in total. The second kappa shape index (κ2) is 4.05. The molecule has 4 heteroatoms. The number of aliphatic hydroxyl groups excluding tert-OH is 1. The zero-order valence-electron chi connectivity index (χ0n) is 8.00. The molecule has 0 aromatic carbocycles. The predicted molar refractivity (Wildman–Crippen MR) is 64.4 cm³/mol. The van der Waals surface area contributed by atoms with Crippen molar-refractivity contribution < 1.29 is 5.11 Å². The van der Waals surface area contributed by atoms with E-state index in [9.17, 15) is 5.11 Å². The molecule has 2 rings (SSSR count). The normalized spacial score (nSPS) is 29.4. The Morgan fingerprint density at radius 3 is 2.93 bits per heavy atom. The molecule has 2 heterocycles. The first-order valence-electron chi connectivity index (χ1n) is 4.68. The summed E-state index contributed by atoms with van der Waals surface area (Å²) in [6.45, 7) is 2.13. The number of halogens is 1. The van der Waals surface area contributed by atoms with Crippen LogP contribution in [0.1, 0.15) is 30.7 Å². The van der Waals surface area contributed by atoms with Crippen molar-refractivity contribution in [2.75, 3.05) is 5.75 Å². The third-order valence-corrected chi connectivity index (χ3v) is 5.71. The fourth-order valence-electron chi connectivity index (χ4n) is 1.79. The lowest BCUT2D eigenvalue weighted by Gasteiger charge is -2.28. The van der Waals surface area contributed by atoms with Crippen molar-refractivity contribution in [1.82, 2.24) is 0 Å². The molecule has 0 spiro atoms. The monoisotopic (exact) mass is 248 g/mol. The van der Waals surface area contributed by atoms with Gasteiger partial charge in [0, 0.05) is 4.75 Å². The van der Waals surface area contributed by atoms with Crippen molar-refractivity contribution in [3.05, 3.63) is 21.3 Å². The molecule has 0 amide bonds. The van der Waals surface area contributed by atoms with E-state index in [4.69, 9.17) is 11.6 Å². The summed E-state index contributed by atoms with van der Waals surface area (Å²) in [6.07, 6.45) is 1.86. The van der Waals surface area contributed by atoms with E-state index in [1.807, 2.05) is 23.2 Å². The van der Waals surface area contributed by atoms with Crippen LogP contribution in [0.15, 0.2) is 11.4 Å². The van der Waals surface area contributed by atoms with E-state index >= 15 is 0 Å². The van der Waals surface area contributed by atoms with Gasteiger partial charge in [-0.2, -0.15) is 11.8 Å². The summed E-state index contributed by atoms with van der Waals surface area (Å²) in [7, 11) is 0. The number of aliphatic hydroxyl groups is 1. The van der Waals surface area contributed by atoms with Crippen LogP contribution in [0.5, 0.6) is 0 Å². The van der Waals surface area contributed by atoms with Crippen molar-refractivity contribution in [3.8, 4) is 0 Å². The molecule has 0 saturated carbocycles. The third-order valence-electron chi connectivity index (χ3n) is 2.72. The van der Waals surface area contributed by atoms with Crippen molar-refractivity contribution in [2.45, 2.75) is 30.6 Å². The van der Waals surface area contributed by atoms with Crippen LogP contribution in [-0.4, -0.2) is 15.6 Å². The van der Waals surface area contributed by atoms with Crippen LogP contribution in [-0.2, 0) is 0 Å². The number of hydrogen-bond acceptors (Lipinski definition) is 3. The molecule has 2 unspecified atom stereocenters. The number of hydrogen-bond donors (Lipinski definition) is 1. The first-order chi connectivity index (χ1) is 6.63. The molecule has 0 radical (unpaired) electrons. The van der Waals surface area contributed by atoms with Crippen LogP contribution < -0.4 is 0 Å². The van der Waals surface area contributed by atoms with Gasteiger partial charge in [-0.15, -0.1) is 11.3 Å². The second-order valence-electron chi connectivity index (χ2n) is 3.80. The molecule has 1 aliphatic heterocycles. The lowest BCUT2D eigenvalue weighted by molar-refractivity contribution is 0.138. The molecule has 0 aliphatic carbocycles. The number of rotatable bonds is 2. The zero-order valence-corrected chi connectivity index (χ0v) is 10.4. The summed E-state index contributed by atoms with van der Waals surface area (Å²) in [5.41, 5.74) is 0. The summed E-state index contributed by atoms with van der Waals surface area (Å²) in [6, 6.07) is 1.85. The maximum absolute atomic E-state index is 10.3. The highest BCUT2D eigenvalue weighted by atomic mass is 35.5. The minimum absolute atomic E-state index is 0.0332. The summed E-state index contributed by atoms with van der Waals surface area (Å²) in [5.74, 6) is 1.15. The Balaban J connectivity index is 2.23. The molecule has 0 bridgehead atoms. The molecule has 1 aliphatic rings. The predicted octanol–water partition coefficient (Wildman–Crippen LogP) is 3.72. The first-order valence-corrected chi connectivity index (χ1v) is 6.93. The van der Waals surface area contributed by atoms with Crippen LogP contribution in [0.3, 0.4) is 0 Å². The molecule has 1 N–H and O–H groups in total. The maximum atomic E-state index is 10.3. The van der Waals surface area contributed by atoms with Gasteiger partial charge in [-0.05, 0) is 37.0 Å². The summed E-state index contributed by atoms with van der Waals surface area (Å²) >= 11 is 9.42. The van der Waals surface area contributed by atoms with Gasteiger partial charge in [-0.1, -0.05) is 11.6 Å². The van der Waals surface area contributed by atoms with Gasteiger partial charge in [0.1, 0.15) is 6.10 Å². The smallest absolute Gasteiger partial charge is 0.104 e. The van der Waals surface area contributed by atoms with Crippen molar-refractivity contribution in [2.24, 2.45) is 0 Å². The standard InChI is InChI=1S/C10H13ClOS2/c1-10(4-2-5-14-10)9(12)8-7(11)3-6-13-8/h3,6,9,12H,2,4-5H2,1H3. The van der Waals surface area contributed by atoms with Crippen molar-refractivity contribution >= 4 is 34.7 Å². The second-order valence-corrected chi connectivity index (χ2v) is 6.78. The Morgan fingerprint density at radius 1 is 1.64 bits per heavy atom. The van der Waals surface area contributed by atoms with E-state index in [1.165, 1.54) is 6.42 Å². The summed E-state index contributed by atoms with van der Waals surface area (Å²) in [5, 5.41) is 12.9. The Kier molecular flexibility index (Phi) is 3.12. The Hall–Kier alpha value is 0.300. The highest BCUT2D eigenvalue weighted by molar-refractivity contribution is 8.00. The zero-order chi connectivity index (χ0) is 10.2. The van der Waals surface area contributed by atoms with Crippen LogP contribution in [0, 0.1) is 0 Å². The topological polar surface area (TPSA) is 20.2 Å². The van der Waals surface area contributed by atoms with Crippen LogP contribution >= 0.6 is 34.7 Å². The van der Waals surface area contributed by atoms with Gasteiger partial charge in [0.05, 0.1) is 9.90 Å². The summed E-state index contributed by atoms with van der Waals surface area (Å²) < 4.78 is -0.0332. The van der Waals surface area contributed by atoms with Crippen molar-refractivity contribution in [1.29, 1.82) is 0 Å². The quantitative estimate of drug-likeness (QED) is 0.861. The molecule has 1 aromatic heterocycles.